The quantitative estimate of drug-likeness (QED) is 0.703. The Balaban J connectivity index is 1.54. The van der Waals surface area contributed by atoms with E-state index in [0.29, 0.717) is 29.6 Å². The van der Waals surface area contributed by atoms with Gasteiger partial charge in [0.15, 0.2) is 0 Å². The highest BCUT2D eigenvalue weighted by atomic mass is 35.5. The number of halogens is 1. The number of pyridine rings is 2. The number of benzene rings is 1. The van der Waals surface area contributed by atoms with Crippen molar-refractivity contribution in [3.63, 3.8) is 0 Å². The van der Waals surface area contributed by atoms with Crippen LogP contribution in [0.4, 0.5) is 0 Å². The first kappa shape index (κ1) is 16.8. The summed E-state index contributed by atoms with van der Waals surface area (Å²) in [6, 6.07) is 11.5. The van der Waals surface area contributed by atoms with E-state index in [4.69, 9.17) is 16.3 Å². The van der Waals surface area contributed by atoms with Crippen LogP contribution in [0.5, 0.6) is 5.75 Å². The Bertz CT molecular complexity index is 942. The molecule has 4 rings (SSSR count). The second-order valence-electron chi connectivity index (χ2n) is 6.32. The molecule has 0 N–H and O–H groups in total. The van der Waals surface area contributed by atoms with Gasteiger partial charge in [0.1, 0.15) is 22.6 Å². The maximum atomic E-state index is 13.1. The zero-order chi connectivity index (χ0) is 17.9. The molecule has 1 atom stereocenters. The van der Waals surface area contributed by atoms with Gasteiger partial charge in [-0.1, -0.05) is 35.9 Å². The third kappa shape index (κ3) is 3.35. The van der Waals surface area contributed by atoms with Crippen molar-refractivity contribution < 1.29 is 9.53 Å². The molecule has 1 amide bonds. The highest BCUT2D eigenvalue weighted by Gasteiger charge is 2.27. The van der Waals surface area contributed by atoms with Gasteiger partial charge < -0.3 is 9.64 Å². The number of nitrogens with zero attached hydrogens (tertiary/aromatic N) is 3. The number of rotatable bonds is 3. The number of aromatic nitrogens is 2. The molecule has 0 bridgehead atoms. The molecule has 1 fully saturated rings. The standard InChI is InChI=1S/C20H18ClN3O2/c21-17-12-22-9-8-18(17)26-15-5-3-11-24(13-15)20(25)19-16-6-2-1-4-14(16)7-10-23-19/h1-2,4,6-10,12,15H,3,5,11,13H2. The van der Waals surface area contributed by atoms with E-state index in [1.54, 1.807) is 24.7 Å². The van der Waals surface area contributed by atoms with E-state index >= 15 is 0 Å². The lowest BCUT2D eigenvalue weighted by Crippen LogP contribution is -2.44. The molecule has 1 saturated heterocycles. The molecule has 26 heavy (non-hydrogen) atoms. The van der Waals surface area contributed by atoms with Gasteiger partial charge in [-0.25, -0.2) is 0 Å². The van der Waals surface area contributed by atoms with E-state index in [1.165, 1.54) is 0 Å². The largest absolute Gasteiger partial charge is 0.487 e. The van der Waals surface area contributed by atoms with E-state index in [-0.39, 0.29) is 12.0 Å². The van der Waals surface area contributed by atoms with Crippen LogP contribution in [0.2, 0.25) is 5.02 Å². The Hall–Kier alpha value is -2.66. The topological polar surface area (TPSA) is 55.3 Å². The average Bonchev–Trinajstić information content (AvgIpc) is 2.69. The van der Waals surface area contributed by atoms with Crippen molar-refractivity contribution in [2.75, 3.05) is 13.1 Å². The second-order valence-corrected chi connectivity index (χ2v) is 6.73. The van der Waals surface area contributed by atoms with E-state index in [0.717, 1.165) is 23.6 Å². The molecule has 0 radical (unpaired) electrons. The fourth-order valence-corrected chi connectivity index (χ4v) is 3.46. The number of carbonyl (C=O) groups is 1. The summed E-state index contributed by atoms with van der Waals surface area (Å²) in [5.74, 6) is 0.542. The van der Waals surface area contributed by atoms with Crippen molar-refractivity contribution in [2.24, 2.45) is 0 Å². The third-order valence-electron chi connectivity index (χ3n) is 4.57. The lowest BCUT2D eigenvalue weighted by Gasteiger charge is -2.33. The lowest BCUT2D eigenvalue weighted by atomic mass is 10.1. The molecule has 1 aliphatic heterocycles. The molecule has 2 aromatic heterocycles. The summed E-state index contributed by atoms with van der Waals surface area (Å²) >= 11 is 6.13. The Kier molecular flexibility index (Phi) is 4.71. The molecule has 5 nitrogen and oxygen atoms in total. The van der Waals surface area contributed by atoms with Gasteiger partial charge in [-0.3, -0.25) is 14.8 Å². The summed E-state index contributed by atoms with van der Waals surface area (Å²) in [4.78, 5) is 23.2. The molecule has 1 aromatic carbocycles. The molecular weight excluding hydrogens is 350 g/mol. The Morgan fingerprint density at radius 3 is 2.96 bits per heavy atom. The van der Waals surface area contributed by atoms with Crippen LogP contribution in [0.3, 0.4) is 0 Å². The van der Waals surface area contributed by atoms with Crippen molar-refractivity contribution >= 4 is 28.3 Å². The van der Waals surface area contributed by atoms with E-state index < -0.39 is 0 Å². The number of ether oxygens (including phenoxy) is 1. The van der Waals surface area contributed by atoms with Crippen LogP contribution >= 0.6 is 11.6 Å². The van der Waals surface area contributed by atoms with Gasteiger partial charge in [-0.15, -0.1) is 0 Å². The first-order chi connectivity index (χ1) is 12.7. The van der Waals surface area contributed by atoms with Gasteiger partial charge in [0.25, 0.3) is 5.91 Å². The molecule has 3 heterocycles. The number of likely N-dealkylation sites (tertiary alicyclic amines) is 1. The number of hydrogen-bond acceptors (Lipinski definition) is 4. The summed E-state index contributed by atoms with van der Waals surface area (Å²) in [5, 5.41) is 2.37. The molecule has 1 aliphatic rings. The van der Waals surface area contributed by atoms with Crippen molar-refractivity contribution in [3.05, 3.63) is 65.7 Å². The zero-order valence-electron chi connectivity index (χ0n) is 14.1. The summed E-state index contributed by atoms with van der Waals surface area (Å²) < 4.78 is 6.00. The smallest absolute Gasteiger partial charge is 0.273 e. The number of carbonyl (C=O) groups excluding carboxylic acids is 1. The molecular formula is C20H18ClN3O2. The number of amides is 1. The maximum absolute atomic E-state index is 13.1. The fraction of sp³-hybridized carbons (Fsp3) is 0.250. The Morgan fingerprint density at radius 2 is 2.08 bits per heavy atom. The van der Waals surface area contributed by atoms with Gasteiger partial charge in [-0.2, -0.15) is 0 Å². The minimum atomic E-state index is -0.0948. The van der Waals surface area contributed by atoms with Crippen molar-refractivity contribution in [1.29, 1.82) is 0 Å². The van der Waals surface area contributed by atoms with E-state index in [9.17, 15) is 4.79 Å². The minimum absolute atomic E-state index is 0.0593. The van der Waals surface area contributed by atoms with Crippen LogP contribution in [-0.2, 0) is 0 Å². The Morgan fingerprint density at radius 1 is 1.19 bits per heavy atom. The first-order valence-electron chi connectivity index (χ1n) is 8.61. The molecule has 132 valence electrons. The molecule has 3 aromatic rings. The number of fused-ring (bicyclic) bond motifs is 1. The fourth-order valence-electron chi connectivity index (χ4n) is 3.30. The normalized spacial score (nSPS) is 17.3. The zero-order valence-corrected chi connectivity index (χ0v) is 14.9. The highest BCUT2D eigenvalue weighted by molar-refractivity contribution is 6.31. The predicted octanol–water partition coefficient (Wildman–Crippen LogP) is 3.97. The van der Waals surface area contributed by atoms with Gasteiger partial charge >= 0.3 is 0 Å². The lowest BCUT2D eigenvalue weighted by molar-refractivity contribution is 0.0535. The average molecular weight is 368 g/mol. The maximum Gasteiger partial charge on any atom is 0.273 e. The van der Waals surface area contributed by atoms with Crippen LogP contribution in [0.25, 0.3) is 10.8 Å². The van der Waals surface area contributed by atoms with Crippen molar-refractivity contribution in [2.45, 2.75) is 18.9 Å². The van der Waals surface area contributed by atoms with Crippen molar-refractivity contribution in [3.8, 4) is 5.75 Å². The van der Waals surface area contributed by atoms with Crippen LogP contribution in [0.1, 0.15) is 23.3 Å². The van der Waals surface area contributed by atoms with Crippen LogP contribution in [-0.4, -0.2) is 40.0 Å². The predicted molar refractivity (Wildman–Crippen MR) is 101 cm³/mol. The summed E-state index contributed by atoms with van der Waals surface area (Å²) in [5.41, 5.74) is 0.491. The van der Waals surface area contributed by atoms with Crippen LogP contribution in [0.15, 0.2) is 55.0 Å². The summed E-state index contributed by atoms with van der Waals surface area (Å²) in [7, 11) is 0. The molecule has 6 heteroatoms. The summed E-state index contributed by atoms with van der Waals surface area (Å²) in [6.45, 7) is 1.22. The molecule has 0 saturated carbocycles. The summed E-state index contributed by atoms with van der Waals surface area (Å²) in [6.07, 6.45) is 6.55. The monoisotopic (exact) mass is 367 g/mol. The number of hydrogen-bond donors (Lipinski definition) is 0. The number of piperidine rings is 1. The minimum Gasteiger partial charge on any atom is -0.487 e. The molecule has 1 unspecified atom stereocenters. The van der Waals surface area contributed by atoms with E-state index in [2.05, 4.69) is 9.97 Å². The SMILES string of the molecule is O=C(c1nccc2ccccc12)N1CCCC(Oc2ccncc2Cl)C1. The van der Waals surface area contributed by atoms with Crippen LogP contribution in [0, 0.1) is 0 Å². The first-order valence-corrected chi connectivity index (χ1v) is 8.99. The molecule has 0 spiro atoms. The highest BCUT2D eigenvalue weighted by Crippen LogP contribution is 2.26. The van der Waals surface area contributed by atoms with Crippen LogP contribution < -0.4 is 4.74 Å². The van der Waals surface area contributed by atoms with Gasteiger partial charge in [0, 0.05) is 36.6 Å². The van der Waals surface area contributed by atoms with Crippen molar-refractivity contribution in [1.82, 2.24) is 14.9 Å². The van der Waals surface area contributed by atoms with E-state index in [1.807, 2.05) is 35.2 Å². The van der Waals surface area contributed by atoms with Gasteiger partial charge in [0.05, 0.1) is 6.54 Å². The second kappa shape index (κ2) is 7.30. The third-order valence-corrected chi connectivity index (χ3v) is 4.85. The molecule has 0 aliphatic carbocycles. The van der Waals surface area contributed by atoms with Gasteiger partial charge in [0.2, 0.25) is 0 Å². The Labute approximate surface area is 156 Å². The van der Waals surface area contributed by atoms with Gasteiger partial charge in [-0.05, 0) is 24.3 Å².